The van der Waals surface area contributed by atoms with E-state index in [2.05, 4.69) is 10.6 Å². The molecule has 1 amide bonds. The fourth-order valence-electron chi connectivity index (χ4n) is 5.19. The number of alkyl halides is 3. The van der Waals surface area contributed by atoms with Crippen molar-refractivity contribution in [1.29, 1.82) is 0 Å². The first-order valence-corrected chi connectivity index (χ1v) is 12.3. The Kier molecular flexibility index (Phi) is 7.75. The number of nitrogens with one attached hydrogen (secondary N) is 2. The zero-order chi connectivity index (χ0) is 26.0. The summed E-state index contributed by atoms with van der Waals surface area (Å²) in [6.45, 7) is 4.06. The summed E-state index contributed by atoms with van der Waals surface area (Å²) < 4.78 is 47.1. The second kappa shape index (κ2) is 10.6. The lowest BCUT2D eigenvalue weighted by molar-refractivity contribution is -0.138. The number of amides is 1. The molecule has 1 saturated carbocycles. The Labute approximate surface area is 207 Å². The van der Waals surface area contributed by atoms with E-state index in [0.717, 1.165) is 6.07 Å². The standard InChI is InChI=1S/C26H32F3N3O4/c1-15-20(4-3-5-22(15)26(27,28)29)16(2)30-25(35)21-14-32(18-8-10-36-11-9-18)24(34)13-23(21)31-17-6-7-19(33)12-17/h3-5,13-14,16-19,31,33H,6-12H2,1-2H3,(H,30,35)/t16-,17-,19-/m1/s1. The number of carbonyl (C=O) groups is 1. The van der Waals surface area contributed by atoms with Crippen molar-refractivity contribution in [3.8, 4) is 0 Å². The van der Waals surface area contributed by atoms with Crippen LogP contribution in [0.2, 0.25) is 0 Å². The summed E-state index contributed by atoms with van der Waals surface area (Å²) in [5.74, 6) is -0.499. The van der Waals surface area contributed by atoms with Gasteiger partial charge in [-0.3, -0.25) is 9.59 Å². The van der Waals surface area contributed by atoms with E-state index in [9.17, 15) is 27.9 Å². The predicted octanol–water partition coefficient (Wildman–Crippen LogP) is 4.34. The number of hydrogen-bond acceptors (Lipinski definition) is 5. The molecule has 7 nitrogen and oxygen atoms in total. The second-order valence-electron chi connectivity index (χ2n) is 9.71. The molecule has 1 aliphatic carbocycles. The molecule has 10 heteroatoms. The molecule has 1 saturated heterocycles. The lowest BCUT2D eigenvalue weighted by Crippen LogP contribution is -2.34. The minimum absolute atomic E-state index is 0.0586. The van der Waals surface area contributed by atoms with Gasteiger partial charge in [0.15, 0.2) is 0 Å². The van der Waals surface area contributed by atoms with Gasteiger partial charge in [0.05, 0.1) is 29.0 Å². The van der Waals surface area contributed by atoms with Gasteiger partial charge in [-0.1, -0.05) is 12.1 Å². The fourth-order valence-corrected chi connectivity index (χ4v) is 5.19. The number of anilines is 1. The van der Waals surface area contributed by atoms with Crippen LogP contribution in [-0.4, -0.2) is 40.9 Å². The van der Waals surface area contributed by atoms with Crippen molar-refractivity contribution in [3.05, 3.63) is 63.1 Å². The maximum absolute atomic E-state index is 13.5. The van der Waals surface area contributed by atoms with E-state index < -0.39 is 29.8 Å². The molecule has 2 aliphatic rings. The van der Waals surface area contributed by atoms with Gasteiger partial charge in [0.2, 0.25) is 0 Å². The molecule has 0 radical (unpaired) electrons. The molecule has 196 valence electrons. The second-order valence-corrected chi connectivity index (χ2v) is 9.71. The number of rotatable bonds is 6. The highest BCUT2D eigenvalue weighted by Gasteiger charge is 2.33. The largest absolute Gasteiger partial charge is 0.416 e. The van der Waals surface area contributed by atoms with Gasteiger partial charge in [0.1, 0.15) is 0 Å². The Morgan fingerprint density at radius 3 is 2.56 bits per heavy atom. The van der Waals surface area contributed by atoms with Crippen molar-refractivity contribution in [3.63, 3.8) is 0 Å². The van der Waals surface area contributed by atoms with Gasteiger partial charge in [0.25, 0.3) is 11.5 Å². The van der Waals surface area contributed by atoms with Gasteiger partial charge >= 0.3 is 6.18 Å². The topological polar surface area (TPSA) is 92.6 Å². The third-order valence-electron chi connectivity index (χ3n) is 7.17. The molecule has 1 aromatic heterocycles. The molecule has 0 spiro atoms. The number of aliphatic hydroxyl groups excluding tert-OH is 1. The number of hydrogen-bond donors (Lipinski definition) is 3. The average molecular weight is 508 g/mol. The summed E-state index contributed by atoms with van der Waals surface area (Å²) in [4.78, 5) is 26.4. The maximum atomic E-state index is 13.5. The molecule has 1 aliphatic heterocycles. The third kappa shape index (κ3) is 5.75. The maximum Gasteiger partial charge on any atom is 0.416 e. The first-order chi connectivity index (χ1) is 17.0. The highest BCUT2D eigenvalue weighted by molar-refractivity contribution is 5.99. The highest BCUT2D eigenvalue weighted by atomic mass is 19.4. The number of carbonyl (C=O) groups excluding carboxylic acids is 1. The summed E-state index contributed by atoms with van der Waals surface area (Å²) in [7, 11) is 0. The van der Waals surface area contributed by atoms with Gasteiger partial charge in [-0.2, -0.15) is 13.2 Å². The molecular formula is C26H32F3N3O4. The number of nitrogens with zero attached hydrogens (tertiary/aromatic N) is 1. The van der Waals surface area contributed by atoms with Gasteiger partial charge in [0, 0.05) is 37.6 Å². The summed E-state index contributed by atoms with van der Waals surface area (Å²) in [5, 5.41) is 16.0. The first kappa shape index (κ1) is 26.2. The number of ether oxygens (including phenoxy) is 1. The SMILES string of the molecule is Cc1c([C@@H](C)NC(=O)c2cn(C3CCOCC3)c(=O)cc2N[C@@H]2CC[C@@H](O)C2)cccc1C(F)(F)F. The summed E-state index contributed by atoms with van der Waals surface area (Å²) >= 11 is 0. The quantitative estimate of drug-likeness (QED) is 0.541. The smallest absolute Gasteiger partial charge is 0.393 e. The Morgan fingerprint density at radius 1 is 1.19 bits per heavy atom. The molecule has 2 aromatic rings. The van der Waals surface area contributed by atoms with Crippen molar-refractivity contribution >= 4 is 11.6 Å². The monoisotopic (exact) mass is 507 g/mol. The number of pyridine rings is 1. The Morgan fingerprint density at radius 2 is 1.92 bits per heavy atom. The molecule has 3 N–H and O–H groups in total. The van der Waals surface area contributed by atoms with Crippen molar-refractivity contribution < 1.29 is 27.8 Å². The van der Waals surface area contributed by atoms with Gasteiger partial charge < -0.3 is 25.0 Å². The van der Waals surface area contributed by atoms with Crippen LogP contribution in [0.15, 0.2) is 35.3 Å². The van der Waals surface area contributed by atoms with Crippen LogP contribution < -0.4 is 16.2 Å². The number of benzene rings is 1. The molecule has 2 heterocycles. The molecule has 1 aromatic carbocycles. The van der Waals surface area contributed by atoms with Crippen LogP contribution >= 0.6 is 0 Å². The zero-order valence-electron chi connectivity index (χ0n) is 20.4. The number of aromatic nitrogens is 1. The molecular weight excluding hydrogens is 475 g/mol. The highest BCUT2D eigenvalue weighted by Crippen LogP contribution is 2.34. The Bertz CT molecular complexity index is 1160. The van der Waals surface area contributed by atoms with E-state index in [1.807, 2.05) is 0 Å². The first-order valence-electron chi connectivity index (χ1n) is 12.3. The van der Waals surface area contributed by atoms with Crippen LogP contribution in [-0.2, 0) is 10.9 Å². The van der Waals surface area contributed by atoms with Crippen LogP contribution in [0.25, 0.3) is 0 Å². The minimum atomic E-state index is -4.49. The van der Waals surface area contributed by atoms with Crippen molar-refractivity contribution in [2.75, 3.05) is 18.5 Å². The normalized spacial score (nSPS) is 21.8. The molecule has 3 atom stereocenters. The van der Waals surface area contributed by atoms with Crippen LogP contribution in [0.3, 0.4) is 0 Å². The van der Waals surface area contributed by atoms with Crippen molar-refractivity contribution in [2.45, 2.75) is 76.4 Å². The van der Waals surface area contributed by atoms with E-state index in [4.69, 9.17) is 4.74 Å². The van der Waals surface area contributed by atoms with E-state index in [-0.39, 0.29) is 28.8 Å². The summed E-state index contributed by atoms with van der Waals surface area (Å²) in [6.07, 6.45) is -0.283. The molecule has 0 unspecified atom stereocenters. The lowest BCUT2D eigenvalue weighted by atomic mass is 9.97. The Hall–Kier alpha value is -2.85. The molecule has 36 heavy (non-hydrogen) atoms. The van der Waals surface area contributed by atoms with E-state index in [1.165, 1.54) is 25.3 Å². The average Bonchev–Trinajstić information content (AvgIpc) is 3.23. The van der Waals surface area contributed by atoms with Gasteiger partial charge in [-0.25, -0.2) is 0 Å². The number of halogens is 3. The Balaban J connectivity index is 1.65. The van der Waals surface area contributed by atoms with Crippen LogP contribution in [0.4, 0.5) is 18.9 Å². The third-order valence-corrected chi connectivity index (χ3v) is 7.17. The lowest BCUT2D eigenvalue weighted by Gasteiger charge is -2.26. The minimum Gasteiger partial charge on any atom is -0.393 e. The van der Waals surface area contributed by atoms with Crippen LogP contribution in [0.1, 0.15) is 78.2 Å². The number of aliphatic hydroxyl groups is 1. The van der Waals surface area contributed by atoms with E-state index >= 15 is 0 Å². The van der Waals surface area contributed by atoms with Crippen LogP contribution in [0.5, 0.6) is 0 Å². The van der Waals surface area contributed by atoms with Crippen molar-refractivity contribution in [2.24, 2.45) is 0 Å². The molecule has 4 rings (SSSR count). The molecule has 0 bridgehead atoms. The van der Waals surface area contributed by atoms with Crippen molar-refractivity contribution in [1.82, 2.24) is 9.88 Å². The van der Waals surface area contributed by atoms with Gasteiger partial charge in [-0.15, -0.1) is 0 Å². The van der Waals surface area contributed by atoms with Crippen LogP contribution in [0, 0.1) is 6.92 Å². The summed E-state index contributed by atoms with van der Waals surface area (Å²) in [6, 6.07) is 4.42. The van der Waals surface area contributed by atoms with E-state index in [1.54, 1.807) is 17.6 Å². The summed E-state index contributed by atoms with van der Waals surface area (Å²) in [5.41, 5.74) is 0.0250. The van der Waals surface area contributed by atoms with E-state index in [0.29, 0.717) is 56.6 Å². The van der Waals surface area contributed by atoms with Gasteiger partial charge in [-0.05, 0) is 63.1 Å². The fraction of sp³-hybridized carbons (Fsp3) is 0.538. The molecule has 2 fully saturated rings. The predicted molar refractivity (Wildman–Crippen MR) is 129 cm³/mol. The zero-order valence-corrected chi connectivity index (χ0v) is 20.4.